The number of carbonyl (C=O) groups excluding carboxylic acids is 1. The molecule has 0 unspecified atom stereocenters. The Morgan fingerprint density at radius 2 is 1.88 bits per heavy atom. The molecule has 1 aromatic carbocycles. The summed E-state index contributed by atoms with van der Waals surface area (Å²) in [7, 11) is 3.06. The van der Waals surface area contributed by atoms with Gasteiger partial charge in [0.05, 0.1) is 13.7 Å². The van der Waals surface area contributed by atoms with Gasteiger partial charge in [-0.05, 0) is 31.0 Å². The van der Waals surface area contributed by atoms with E-state index in [0.717, 1.165) is 0 Å². The van der Waals surface area contributed by atoms with Crippen molar-refractivity contribution in [1.82, 2.24) is 10.6 Å². The molecule has 0 radical (unpaired) electrons. The maximum atomic E-state index is 11.6. The summed E-state index contributed by atoms with van der Waals surface area (Å²) in [6, 6.07) is 9.87. The molecule has 0 aliphatic carbocycles. The zero-order valence-electron chi connectivity index (χ0n) is 14.9. The van der Waals surface area contributed by atoms with Crippen molar-refractivity contribution < 1.29 is 13.9 Å². The highest BCUT2D eigenvalue weighted by Crippen LogP contribution is 2.15. The topological polar surface area (TPSA) is 75.9 Å². The third kappa shape index (κ3) is 5.77. The second-order valence-corrected chi connectivity index (χ2v) is 5.38. The van der Waals surface area contributed by atoms with Crippen LogP contribution in [0.5, 0.6) is 0 Å². The maximum Gasteiger partial charge on any atom is 0.341 e. The van der Waals surface area contributed by atoms with Crippen molar-refractivity contribution in [3.05, 3.63) is 58.5 Å². The Morgan fingerprint density at radius 1 is 1.20 bits per heavy atom. The van der Waals surface area contributed by atoms with Crippen LogP contribution < -0.4 is 10.6 Å². The van der Waals surface area contributed by atoms with Gasteiger partial charge >= 0.3 is 5.97 Å². The van der Waals surface area contributed by atoms with E-state index in [2.05, 4.69) is 34.7 Å². The third-order valence-corrected chi connectivity index (χ3v) is 3.74. The fraction of sp³-hybridized carbons (Fsp3) is 0.333. The van der Waals surface area contributed by atoms with Crippen LogP contribution in [-0.2, 0) is 17.8 Å². The Kier molecular flexibility index (Phi) is 8.47. The van der Waals surface area contributed by atoms with Crippen molar-refractivity contribution in [2.24, 2.45) is 4.99 Å². The standard InChI is InChI=1S/C18H23N3O3.HI/c1-12-7-5-6-8-14(12)10-20-18(19-3)21-11-15-9-16(13(2)24-15)17(22)23-4;/h5-9H,10-11H2,1-4H3,(H2,19,20,21);1H. The van der Waals surface area contributed by atoms with Crippen molar-refractivity contribution >= 4 is 35.9 Å². The highest BCUT2D eigenvalue weighted by Gasteiger charge is 2.15. The number of aryl methyl sites for hydroxylation is 2. The Bertz CT molecular complexity index is 741. The van der Waals surface area contributed by atoms with E-state index in [9.17, 15) is 4.79 Å². The first kappa shape index (κ1) is 21.0. The molecule has 2 N–H and O–H groups in total. The van der Waals surface area contributed by atoms with Gasteiger partial charge in [0.25, 0.3) is 0 Å². The summed E-state index contributed by atoms with van der Waals surface area (Å²) in [6.07, 6.45) is 0. The molecule has 0 saturated heterocycles. The molecule has 2 rings (SSSR count). The number of hydrogen-bond acceptors (Lipinski definition) is 4. The average Bonchev–Trinajstić information content (AvgIpc) is 2.96. The van der Waals surface area contributed by atoms with Crippen LogP contribution in [0.3, 0.4) is 0 Å². The molecule has 1 aromatic heterocycles. The number of nitrogens with one attached hydrogen (secondary N) is 2. The van der Waals surface area contributed by atoms with Crippen LogP contribution in [-0.4, -0.2) is 26.1 Å². The number of benzene rings is 1. The molecule has 136 valence electrons. The van der Waals surface area contributed by atoms with Gasteiger partial charge in [-0.3, -0.25) is 4.99 Å². The van der Waals surface area contributed by atoms with Gasteiger partial charge in [-0.1, -0.05) is 24.3 Å². The van der Waals surface area contributed by atoms with Gasteiger partial charge in [0.15, 0.2) is 5.96 Å². The van der Waals surface area contributed by atoms with Crippen molar-refractivity contribution in [1.29, 1.82) is 0 Å². The van der Waals surface area contributed by atoms with E-state index in [0.29, 0.717) is 36.1 Å². The lowest BCUT2D eigenvalue weighted by Crippen LogP contribution is -2.36. The lowest BCUT2D eigenvalue weighted by molar-refractivity contribution is 0.0599. The predicted octanol–water partition coefficient (Wildman–Crippen LogP) is 3.17. The monoisotopic (exact) mass is 457 g/mol. The molecule has 0 saturated carbocycles. The van der Waals surface area contributed by atoms with Gasteiger partial charge in [-0.25, -0.2) is 4.79 Å². The molecule has 1 heterocycles. The quantitative estimate of drug-likeness (QED) is 0.312. The summed E-state index contributed by atoms with van der Waals surface area (Å²) in [6.45, 7) is 4.91. The highest BCUT2D eigenvalue weighted by atomic mass is 127. The minimum absolute atomic E-state index is 0. The fourth-order valence-corrected chi connectivity index (χ4v) is 2.32. The molecular weight excluding hydrogens is 433 g/mol. The lowest BCUT2D eigenvalue weighted by Gasteiger charge is -2.12. The van der Waals surface area contributed by atoms with Crippen LogP contribution in [0.2, 0.25) is 0 Å². The van der Waals surface area contributed by atoms with Crippen LogP contribution in [0.15, 0.2) is 39.7 Å². The number of guanidine groups is 1. The van der Waals surface area contributed by atoms with E-state index >= 15 is 0 Å². The Hall–Kier alpha value is -2.03. The second kappa shape index (κ2) is 10.1. The summed E-state index contributed by atoms with van der Waals surface area (Å²) < 4.78 is 10.3. The molecule has 2 aromatic rings. The van der Waals surface area contributed by atoms with Crippen LogP contribution >= 0.6 is 24.0 Å². The minimum atomic E-state index is -0.399. The largest absolute Gasteiger partial charge is 0.465 e. The number of hydrogen-bond donors (Lipinski definition) is 2. The van der Waals surface area contributed by atoms with Crippen LogP contribution in [0.4, 0.5) is 0 Å². The number of esters is 1. The average molecular weight is 457 g/mol. The summed E-state index contributed by atoms with van der Waals surface area (Å²) >= 11 is 0. The van der Waals surface area contributed by atoms with Crippen molar-refractivity contribution in [3.8, 4) is 0 Å². The van der Waals surface area contributed by atoms with E-state index in [-0.39, 0.29) is 24.0 Å². The third-order valence-electron chi connectivity index (χ3n) is 3.74. The predicted molar refractivity (Wildman–Crippen MR) is 108 cm³/mol. The molecule has 0 fully saturated rings. The van der Waals surface area contributed by atoms with E-state index in [4.69, 9.17) is 9.15 Å². The maximum absolute atomic E-state index is 11.6. The molecule has 25 heavy (non-hydrogen) atoms. The first-order chi connectivity index (χ1) is 11.5. The van der Waals surface area contributed by atoms with Gasteiger partial charge in [0, 0.05) is 13.6 Å². The van der Waals surface area contributed by atoms with Gasteiger partial charge in [0.1, 0.15) is 17.1 Å². The summed E-state index contributed by atoms with van der Waals surface area (Å²) in [5.74, 6) is 1.45. The van der Waals surface area contributed by atoms with E-state index in [1.54, 1.807) is 20.0 Å². The van der Waals surface area contributed by atoms with Gasteiger partial charge in [-0.15, -0.1) is 24.0 Å². The van der Waals surface area contributed by atoms with Crippen LogP contribution in [0.1, 0.15) is 33.0 Å². The summed E-state index contributed by atoms with van der Waals surface area (Å²) in [4.78, 5) is 15.8. The number of methoxy groups -OCH3 is 1. The molecule has 0 aliphatic heterocycles. The van der Waals surface area contributed by atoms with Crippen molar-refractivity contribution in [2.45, 2.75) is 26.9 Å². The molecule has 0 spiro atoms. The Balaban J connectivity index is 0.00000312. The van der Waals surface area contributed by atoms with Crippen LogP contribution in [0, 0.1) is 13.8 Å². The first-order valence-corrected chi connectivity index (χ1v) is 7.71. The SMILES string of the molecule is CN=C(NCc1cc(C(=O)OC)c(C)o1)NCc1ccccc1C.I. The smallest absolute Gasteiger partial charge is 0.341 e. The number of nitrogens with zero attached hydrogens (tertiary/aromatic N) is 1. The van der Waals surface area contributed by atoms with Gasteiger partial charge in [-0.2, -0.15) is 0 Å². The fourth-order valence-electron chi connectivity index (χ4n) is 2.32. The molecule has 0 aliphatic rings. The Morgan fingerprint density at radius 3 is 2.52 bits per heavy atom. The zero-order chi connectivity index (χ0) is 17.5. The van der Waals surface area contributed by atoms with E-state index in [1.165, 1.54) is 18.2 Å². The Labute approximate surface area is 165 Å². The molecular formula is C18H24IN3O3. The zero-order valence-corrected chi connectivity index (χ0v) is 17.2. The van der Waals surface area contributed by atoms with E-state index < -0.39 is 5.97 Å². The number of furan rings is 1. The van der Waals surface area contributed by atoms with Crippen molar-refractivity contribution in [3.63, 3.8) is 0 Å². The summed E-state index contributed by atoms with van der Waals surface area (Å²) in [5.41, 5.74) is 2.88. The highest BCUT2D eigenvalue weighted by molar-refractivity contribution is 14.0. The molecule has 6 nitrogen and oxygen atoms in total. The molecule has 0 amide bonds. The molecule has 0 bridgehead atoms. The molecule has 0 atom stereocenters. The van der Waals surface area contributed by atoms with Gasteiger partial charge in [0.2, 0.25) is 0 Å². The number of ether oxygens (including phenoxy) is 1. The molecule has 7 heteroatoms. The number of aliphatic imine (C=N–C) groups is 1. The van der Waals surface area contributed by atoms with Gasteiger partial charge < -0.3 is 19.8 Å². The lowest BCUT2D eigenvalue weighted by atomic mass is 10.1. The normalized spacial score (nSPS) is 10.8. The van der Waals surface area contributed by atoms with Crippen LogP contribution in [0.25, 0.3) is 0 Å². The number of rotatable bonds is 5. The van der Waals surface area contributed by atoms with E-state index in [1.807, 2.05) is 12.1 Å². The summed E-state index contributed by atoms with van der Waals surface area (Å²) in [5, 5.41) is 6.42. The number of halogens is 1. The van der Waals surface area contributed by atoms with Crippen molar-refractivity contribution in [2.75, 3.05) is 14.2 Å². The number of carbonyl (C=O) groups is 1. The first-order valence-electron chi connectivity index (χ1n) is 7.71. The minimum Gasteiger partial charge on any atom is -0.465 e. The second-order valence-electron chi connectivity index (χ2n) is 5.38.